The molecule has 0 radical (unpaired) electrons. The Balaban J connectivity index is 1.31. The highest BCUT2D eigenvalue weighted by Gasteiger charge is 2.23. The lowest BCUT2D eigenvalue weighted by Crippen LogP contribution is -3.15. The van der Waals surface area contributed by atoms with Crippen LogP contribution < -0.4 is 10.2 Å². The van der Waals surface area contributed by atoms with Crippen molar-refractivity contribution in [3.05, 3.63) is 65.2 Å². The fourth-order valence-corrected chi connectivity index (χ4v) is 4.41. The maximum absolute atomic E-state index is 12.4. The van der Waals surface area contributed by atoms with Crippen LogP contribution in [0.15, 0.2) is 54.9 Å². The Morgan fingerprint density at radius 3 is 2.55 bits per heavy atom. The molecule has 1 aliphatic heterocycles. The summed E-state index contributed by atoms with van der Waals surface area (Å²) in [4.78, 5) is 20.1. The quantitative estimate of drug-likeness (QED) is 0.466. The summed E-state index contributed by atoms with van der Waals surface area (Å²) in [7, 11) is 0. The fraction of sp³-hybridized carbons (Fsp3) is 0.417. The van der Waals surface area contributed by atoms with E-state index in [2.05, 4.69) is 26.7 Å². The first-order chi connectivity index (χ1) is 16.1. The highest BCUT2D eigenvalue weighted by atomic mass is 32.1. The van der Waals surface area contributed by atoms with Crippen molar-refractivity contribution < 1.29 is 9.69 Å². The third-order valence-corrected chi connectivity index (χ3v) is 6.38. The maximum atomic E-state index is 12.4. The van der Waals surface area contributed by atoms with Gasteiger partial charge in [-0.2, -0.15) is 5.10 Å². The van der Waals surface area contributed by atoms with E-state index in [0.717, 1.165) is 60.9 Å². The van der Waals surface area contributed by atoms with E-state index in [9.17, 15) is 4.79 Å². The van der Waals surface area contributed by atoms with Crippen LogP contribution in [0.3, 0.4) is 0 Å². The van der Waals surface area contributed by atoms with Gasteiger partial charge in [0.2, 0.25) is 0 Å². The molecule has 0 atom stereocenters. The number of amides is 1. The molecule has 1 fully saturated rings. The number of hydrogen-bond acceptors (Lipinski definition) is 5. The molecule has 2 N–H and O–H groups in total. The highest BCUT2D eigenvalue weighted by Crippen LogP contribution is 2.18. The van der Waals surface area contributed by atoms with Crippen molar-refractivity contribution in [1.82, 2.24) is 29.5 Å². The van der Waals surface area contributed by atoms with Crippen LogP contribution in [0.4, 0.5) is 0 Å². The predicted octanol–water partition coefficient (Wildman–Crippen LogP) is 1.36. The minimum Gasteiger partial charge on any atom is -0.347 e. The summed E-state index contributed by atoms with van der Waals surface area (Å²) in [5.41, 5.74) is 2.15. The lowest BCUT2D eigenvalue weighted by molar-refractivity contribution is -0.896. The van der Waals surface area contributed by atoms with Crippen LogP contribution in [0, 0.1) is 4.77 Å². The molecule has 3 aromatic rings. The van der Waals surface area contributed by atoms with Crippen molar-refractivity contribution >= 4 is 18.1 Å². The molecule has 4 rings (SSSR count). The van der Waals surface area contributed by atoms with Gasteiger partial charge in [0.15, 0.2) is 17.1 Å². The third kappa shape index (κ3) is 6.13. The first kappa shape index (κ1) is 23.3. The zero-order chi connectivity index (χ0) is 23.0. The van der Waals surface area contributed by atoms with E-state index in [0.29, 0.717) is 19.8 Å². The van der Waals surface area contributed by atoms with E-state index in [1.807, 2.05) is 47.1 Å². The fourth-order valence-electron chi connectivity index (χ4n) is 4.14. The Morgan fingerprint density at radius 1 is 1.12 bits per heavy atom. The van der Waals surface area contributed by atoms with Gasteiger partial charge in [-0.25, -0.2) is 4.68 Å². The predicted molar refractivity (Wildman–Crippen MR) is 130 cm³/mol. The van der Waals surface area contributed by atoms with Crippen LogP contribution in [-0.4, -0.2) is 62.9 Å². The Hall–Kier alpha value is -2.88. The molecular weight excluding hydrogens is 434 g/mol. The molecule has 0 unspecified atom stereocenters. The van der Waals surface area contributed by atoms with Crippen molar-refractivity contribution in [1.29, 1.82) is 0 Å². The summed E-state index contributed by atoms with van der Waals surface area (Å²) in [5, 5.41) is 7.88. The topological polar surface area (TPSA) is 72.4 Å². The molecule has 1 aliphatic rings. The first-order valence-electron chi connectivity index (χ1n) is 11.6. The number of benzene rings is 1. The highest BCUT2D eigenvalue weighted by molar-refractivity contribution is 7.71. The molecule has 3 heterocycles. The Bertz CT molecular complexity index is 1090. The summed E-state index contributed by atoms with van der Waals surface area (Å²) >= 11 is 5.76. The van der Waals surface area contributed by atoms with Crippen LogP contribution in [0.1, 0.15) is 18.9 Å². The van der Waals surface area contributed by atoms with Crippen molar-refractivity contribution in [2.45, 2.75) is 33.1 Å². The number of carbonyl (C=O) groups excluding carboxylic acids is 1. The molecule has 9 heteroatoms. The third-order valence-electron chi connectivity index (χ3n) is 5.95. The van der Waals surface area contributed by atoms with Gasteiger partial charge in [0.25, 0.3) is 5.91 Å². The number of nitrogens with one attached hydrogen (secondary N) is 2. The smallest absolute Gasteiger partial charge is 0.275 e. The normalized spacial score (nSPS) is 14.9. The summed E-state index contributed by atoms with van der Waals surface area (Å²) in [6.07, 6.45) is 4.56. The van der Waals surface area contributed by atoms with Gasteiger partial charge in [0.05, 0.1) is 19.8 Å². The van der Waals surface area contributed by atoms with Crippen molar-refractivity contribution in [3.8, 4) is 11.4 Å². The molecular formula is C24H32N7OS+. The second-order valence-corrected chi connectivity index (χ2v) is 8.81. The molecule has 174 valence electrons. The van der Waals surface area contributed by atoms with Crippen LogP contribution in [-0.2, 0) is 24.6 Å². The summed E-state index contributed by atoms with van der Waals surface area (Å²) in [6, 6.07) is 14.0. The molecule has 0 saturated carbocycles. The second kappa shape index (κ2) is 11.3. The molecule has 1 amide bonds. The number of rotatable bonds is 9. The molecule has 1 aromatic carbocycles. The van der Waals surface area contributed by atoms with Crippen molar-refractivity contribution in [2.75, 3.05) is 32.7 Å². The zero-order valence-electron chi connectivity index (χ0n) is 19.1. The lowest BCUT2D eigenvalue weighted by atomic mass is 10.2. The molecule has 0 aliphatic carbocycles. The molecule has 2 aromatic heterocycles. The van der Waals surface area contributed by atoms with Gasteiger partial charge < -0.3 is 10.2 Å². The minimum absolute atomic E-state index is 0.102. The SMILES string of the molecule is CCCn1c(-c2ccncc2)nn(CN2CC[NH+](CC(=O)NCc3ccccc3)CC2)c1=S. The van der Waals surface area contributed by atoms with Gasteiger partial charge in [-0.3, -0.25) is 19.2 Å². The monoisotopic (exact) mass is 466 g/mol. The largest absolute Gasteiger partial charge is 0.347 e. The first-order valence-corrected chi connectivity index (χ1v) is 12.0. The number of nitrogens with zero attached hydrogens (tertiary/aromatic N) is 5. The Labute approximate surface area is 199 Å². The number of hydrogen-bond donors (Lipinski definition) is 2. The van der Waals surface area contributed by atoms with E-state index in [4.69, 9.17) is 17.3 Å². The van der Waals surface area contributed by atoms with E-state index in [1.54, 1.807) is 12.4 Å². The van der Waals surface area contributed by atoms with Gasteiger partial charge in [0, 0.05) is 44.1 Å². The standard InChI is InChI=1S/C24H31N7OS/c1-2-12-30-23(21-8-10-25-11-9-21)27-31(24(30)33)19-29-15-13-28(14-16-29)18-22(32)26-17-20-6-4-3-5-7-20/h3-11H,2,12-19H2,1H3,(H,26,32)/p+1. The number of carbonyl (C=O) groups is 1. The maximum Gasteiger partial charge on any atom is 0.275 e. The number of piperazine rings is 1. The van der Waals surface area contributed by atoms with E-state index in [1.165, 1.54) is 4.90 Å². The van der Waals surface area contributed by atoms with Crippen LogP contribution >= 0.6 is 12.2 Å². The van der Waals surface area contributed by atoms with Crippen LogP contribution in [0.5, 0.6) is 0 Å². The number of aromatic nitrogens is 4. The summed E-state index contributed by atoms with van der Waals surface area (Å²) in [6.45, 7) is 8.43. The van der Waals surface area contributed by atoms with Gasteiger partial charge in [-0.15, -0.1) is 0 Å². The Kier molecular flexibility index (Phi) is 7.98. The minimum atomic E-state index is 0.102. The van der Waals surface area contributed by atoms with Gasteiger partial charge >= 0.3 is 0 Å². The van der Waals surface area contributed by atoms with Gasteiger partial charge in [0.1, 0.15) is 0 Å². The van der Waals surface area contributed by atoms with Crippen molar-refractivity contribution in [2.24, 2.45) is 0 Å². The molecule has 0 spiro atoms. The lowest BCUT2D eigenvalue weighted by Gasteiger charge is -2.31. The second-order valence-electron chi connectivity index (χ2n) is 8.44. The van der Waals surface area contributed by atoms with Gasteiger partial charge in [-0.1, -0.05) is 37.3 Å². The van der Waals surface area contributed by atoms with Crippen LogP contribution in [0.25, 0.3) is 11.4 Å². The van der Waals surface area contributed by atoms with Crippen LogP contribution in [0.2, 0.25) is 0 Å². The average Bonchev–Trinajstić information content (AvgIpc) is 3.15. The number of pyridine rings is 1. The average molecular weight is 467 g/mol. The molecule has 8 nitrogen and oxygen atoms in total. The van der Waals surface area contributed by atoms with E-state index < -0.39 is 0 Å². The molecule has 0 bridgehead atoms. The zero-order valence-corrected chi connectivity index (χ0v) is 19.9. The van der Waals surface area contributed by atoms with E-state index in [-0.39, 0.29) is 5.91 Å². The molecule has 33 heavy (non-hydrogen) atoms. The Morgan fingerprint density at radius 2 is 1.85 bits per heavy atom. The summed E-state index contributed by atoms with van der Waals surface area (Å²) in [5.74, 6) is 0.994. The number of quaternary nitrogens is 1. The van der Waals surface area contributed by atoms with Crippen molar-refractivity contribution in [3.63, 3.8) is 0 Å². The van der Waals surface area contributed by atoms with E-state index >= 15 is 0 Å². The summed E-state index contributed by atoms with van der Waals surface area (Å²) < 4.78 is 4.79. The van der Waals surface area contributed by atoms with Gasteiger partial charge in [-0.05, 0) is 36.3 Å². The molecule has 1 saturated heterocycles.